The summed E-state index contributed by atoms with van der Waals surface area (Å²) in [7, 11) is 0. The second-order valence-corrected chi connectivity index (χ2v) is 5.24. The zero-order chi connectivity index (χ0) is 17.2. The first-order chi connectivity index (χ1) is 11.7. The number of carbonyl (C=O) groups excluding carboxylic acids is 1. The van der Waals surface area contributed by atoms with Gasteiger partial charge in [-0.1, -0.05) is 0 Å². The van der Waals surface area contributed by atoms with Crippen LogP contribution in [0.2, 0.25) is 0 Å². The van der Waals surface area contributed by atoms with Gasteiger partial charge in [0.25, 0.3) is 5.91 Å². The normalized spacial score (nSPS) is 10.9. The van der Waals surface area contributed by atoms with E-state index in [4.69, 9.17) is 8.83 Å². The summed E-state index contributed by atoms with van der Waals surface area (Å²) in [6.45, 7) is 6.37. The van der Waals surface area contributed by atoms with Crippen LogP contribution in [-0.2, 0) is 6.54 Å². The number of furan rings is 2. The molecule has 3 N–H and O–H groups in total. The van der Waals surface area contributed by atoms with Crippen LogP contribution in [0.3, 0.4) is 0 Å². The minimum atomic E-state index is -0.184. The summed E-state index contributed by atoms with van der Waals surface area (Å²) in [5.74, 6) is 1.72. The van der Waals surface area contributed by atoms with Gasteiger partial charge in [0.1, 0.15) is 12.3 Å². The van der Waals surface area contributed by atoms with Crippen LogP contribution < -0.4 is 16.0 Å². The number of hydrogen-bond acceptors (Lipinski definition) is 4. The third-order valence-electron chi connectivity index (χ3n) is 3.32. The van der Waals surface area contributed by atoms with Crippen molar-refractivity contribution in [1.82, 2.24) is 16.0 Å². The Hall–Kier alpha value is -1.97. The van der Waals surface area contributed by atoms with Crippen LogP contribution in [0.15, 0.2) is 44.6 Å². The highest BCUT2D eigenvalue weighted by atomic mass is 127. The molecule has 1 amide bonds. The van der Waals surface area contributed by atoms with Crippen molar-refractivity contribution in [3.63, 3.8) is 0 Å². The number of rotatable bonds is 8. The lowest BCUT2D eigenvalue weighted by atomic mass is 10.2. The standard InChI is InChI=1S/C17H24N4O3.HI/c1-3-18-17(21-12-14-6-4-10-23-14)20-9-5-8-19-16(22)15-13(2)7-11-24-15;/h4,6-7,10-11H,3,5,8-9,12H2,1-2H3,(H,19,22)(H2,18,20,21);1H. The second-order valence-electron chi connectivity index (χ2n) is 5.24. The summed E-state index contributed by atoms with van der Waals surface area (Å²) in [4.78, 5) is 16.3. The Morgan fingerprint density at radius 2 is 1.92 bits per heavy atom. The molecule has 0 spiro atoms. The van der Waals surface area contributed by atoms with E-state index in [2.05, 4.69) is 20.9 Å². The first kappa shape index (κ1) is 21.1. The van der Waals surface area contributed by atoms with Crippen LogP contribution in [0.4, 0.5) is 0 Å². The van der Waals surface area contributed by atoms with Crippen LogP contribution in [0.25, 0.3) is 0 Å². The minimum Gasteiger partial charge on any atom is -0.467 e. The molecule has 0 aliphatic rings. The molecule has 0 aliphatic heterocycles. The Kier molecular flexibility index (Phi) is 9.75. The van der Waals surface area contributed by atoms with Gasteiger partial charge in [0.2, 0.25) is 0 Å². The van der Waals surface area contributed by atoms with Gasteiger partial charge in [-0.25, -0.2) is 4.99 Å². The van der Waals surface area contributed by atoms with E-state index in [9.17, 15) is 4.79 Å². The summed E-state index contributed by atoms with van der Waals surface area (Å²) >= 11 is 0. The number of carbonyl (C=O) groups is 1. The molecule has 2 rings (SSSR count). The largest absolute Gasteiger partial charge is 0.467 e. The van der Waals surface area contributed by atoms with Crippen molar-refractivity contribution >= 4 is 35.8 Å². The monoisotopic (exact) mass is 460 g/mol. The van der Waals surface area contributed by atoms with E-state index in [1.165, 1.54) is 6.26 Å². The fourth-order valence-corrected chi connectivity index (χ4v) is 2.08. The second kappa shape index (κ2) is 11.6. The predicted molar refractivity (Wildman–Crippen MR) is 107 cm³/mol. The summed E-state index contributed by atoms with van der Waals surface area (Å²) in [5, 5.41) is 9.23. The molecule has 0 radical (unpaired) electrons. The van der Waals surface area contributed by atoms with E-state index in [0.29, 0.717) is 25.4 Å². The Morgan fingerprint density at radius 3 is 2.56 bits per heavy atom. The molecular formula is C17H25IN4O3. The summed E-state index contributed by atoms with van der Waals surface area (Å²) in [5.41, 5.74) is 0.838. The number of halogens is 1. The van der Waals surface area contributed by atoms with Gasteiger partial charge in [-0.3, -0.25) is 4.79 Å². The highest BCUT2D eigenvalue weighted by Gasteiger charge is 2.11. The third-order valence-corrected chi connectivity index (χ3v) is 3.32. The first-order valence-corrected chi connectivity index (χ1v) is 8.07. The van der Waals surface area contributed by atoms with Crippen molar-refractivity contribution in [3.8, 4) is 0 Å². The van der Waals surface area contributed by atoms with Crippen molar-refractivity contribution in [3.05, 3.63) is 47.8 Å². The van der Waals surface area contributed by atoms with E-state index in [1.54, 1.807) is 12.3 Å². The quantitative estimate of drug-likeness (QED) is 0.244. The van der Waals surface area contributed by atoms with Gasteiger partial charge in [0.05, 0.1) is 12.5 Å². The molecule has 0 atom stereocenters. The molecule has 0 fully saturated rings. The van der Waals surface area contributed by atoms with Crippen molar-refractivity contribution < 1.29 is 13.6 Å². The van der Waals surface area contributed by atoms with E-state index in [-0.39, 0.29) is 29.9 Å². The zero-order valence-corrected chi connectivity index (χ0v) is 16.8. The fourth-order valence-electron chi connectivity index (χ4n) is 2.08. The highest BCUT2D eigenvalue weighted by molar-refractivity contribution is 14.0. The average Bonchev–Trinajstić information content (AvgIpc) is 3.23. The van der Waals surface area contributed by atoms with E-state index in [0.717, 1.165) is 30.2 Å². The zero-order valence-electron chi connectivity index (χ0n) is 14.5. The van der Waals surface area contributed by atoms with Gasteiger partial charge in [-0.05, 0) is 38.5 Å². The van der Waals surface area contributed by atoms with Crippen molar-refractivity contribution in [2.45, 2.75) is 26.8 Å². The van der Waals surface area contributed by atoms with Gasteiger partial charge in [-0.15, -0.1) is 24.0 Å². The Labute approximate surface area is 164 Å². The SMILES string of the molecule is CCNC(=NCc1ccco1)NCCCNC(=O)c1occc1C.I. The molecule has 0 unspecified atom stereocenters. The predicted octanol–water partition coefficient (Wildman–Crippen LogP) is 2.67. The first-order valence-electron chi connectivity index (χ1n) is 8.07. The topological polar surface area (TPSA) is 91.8 Å². The molecule has 25 heavy (non-hydrogen) atoms. The lowest BCUT2D eigenvalue weighted by molar-refractivity contribution is 0.0925. The number of aliphatic imine (C=N–C) groups is 1. The summed E-state index contributed by atoms with van der Waals surface area (Å²) in [6, 6.07) is 5.50. The Morgan fingerprint density at radius 1 is 1.12 bits per heavy atom. The van der Waals surface area contributed by atoms with Gasteiger partial charge in [0, 0.05) is 25.2 Å². The number of nitrogens with one attached hydrogen (secondary N) is 3. The van der Waals surface area contributed by atoms with E-state index < -0.39 is 0 Å². The van der Waals surface area contributed by atoms with Crippen LogP contribution in [0, 0.1) is 6.92 Å². The van der Waals surface area contributed by atoms with Crippen LogP contribution >= 0.6 is 24.0 Å². The lowest BCUT2D eigenvalue weighted by Gasteiger charge is -2.11. The molecule has 0 saturated heterocycles. The molecule has 0 aromatic carbocycles. The molecule has 2 aromatic heterocycles. The maximum Gasteiger partial charge on any atom is 0.287 e. The highest BCUT2D eigenvalue weighted by Crippen LogP contribution is 2.07. The van der Waals surface area contributed by atoms with Crippen molar-refractivity contribution in [2.24, 2.45) is 4.99 Å². The molecular weight excluding hydrogens is 435 g/mol. The Balaban J connectivity index is 0.00000312. The smallest absolute Gasteiger partial charge is 0.287 e. The molecule has 8 heteroatoms. The van der Waals surface area contributed by atoms with Crippen LogP contribution in [0.5, 0.6) is 0 Å². The Bertz CT molecular complexity index is 653. The van der Waals surface area contributed by atoms with Gasteiger partial charge in [0.15, 0.2) is 11.7 Å². The molecule has 7 nitrogen and oxygen atoms in total. The van der Waals surface area contributed by atoms with Gasteiger partial charge < -0.3 is 24.8 Å². The van der Waals surface area contributed by atoms with Gasteiger partial charge in [-0.2, -0.15) is 0 Å². The maximum absolute atomic E-state index is 11.9. The summed E-state index contributed by atoms with van der Waals surface area (Å²) < 4.78 is 10.4. The maximum atomic E-state index is 11.9. The van der Waals surface area contributed by atoms with Crippen LogP contribution in [0.1, 0.15) is 35.2 Å². The number of aryl methyl sites for hydroxylation is 1. The molecule has 0 bridgehead atoms. The molecule has 2 heterocycles. The fraction of sp³-hybridized carbons (Fsp3) is 0.412. The molecule has 0 aliphatic carbocycles. The number of guanidine groups is 1. The number of hydrogen-bond donors (Lipinski definition) is 3. The number of amides is 1. The van der Waals surface area contributed by atoms with Crippen molar-refractivity contribution in [2.75, 3.05) is 19.6 Å². The van der Waals surface area contributed by atoms with E-state index >= 15 is 0 Å². The molecule has 138 valence electrons. The third kappa shape index (κ3) is 7.20. The van der Waals surface area contributed by atoms with Crippen LogP contribution in [-0.4, -0.2) is 31.5 Å². The minimum absolute atomic E-state index is 0. The van der Waals surface area contributed by atoms with E-state index in [1.807, 2.05) is 26.0 Å². The molecule has 2 aromatic rings. The number of nitrogens with zero attached hydrogens (tertiary/aromatic N) is 1. The van der Waals surface area contributed by atoms with Gasteiger partial charge >= 0.3 is 0 Å². The molecule has 0 saturated carbocycles. The van der Waals surface area contributed by atoms with Crippen molar-refractivity contribution in [1.29, 1.82) is 0 Å². The lowest BCUT2D eigenvalue weighted by Crippen LogP contribution is -2.38. The average molecular weight is 460 g/mol. The summed E-state index contributed by atoms with van der Waals surface area (Å²) in [6.07, 6.45) is 3.93.